The van der Waals surface area contributed by atoms with Crippen LogP contribution < -0.4 is 4.74 Å². The number of nitro groups is 1. The normalized spacial score (nSPS) is 10.2. The maximum atomic E-state index is 10.8. The second-order valence-corrected chi connectivity index (χ2v) is 4.66. The van der Waals surface area contributed by atoms with E-state index in [1.807, 2.05) is 0 Å². The zero-order chi connectivity index (χ0) is 12.1. The van der Waals surface area contributed by atoms with Crippen molar-refractivity contribution < 1.29 is 9.66 Å². The molecule has 0 aromatic heterocycles. The molecule has 0 unspecified atom stereocenters. The van der Waals surface area contributed by atoms with Gasteiger partial charge in [-0.3, -0.25) is 10.1 Å². The summed E-state index contributed by atoms with van der Waals surface area (Å²) >= 11 is 12.9. The van der Waals surface area contributed by atoms with Crippen LogP contribution >= 0.6 is 40.2 Å². The Hall–Kier alpha value is -0.460. The zero-order valence-corrected chi connectivity index (χ0v) is 11.4. The van der Waals surface area contributed by atoms with Gasteiger partial charge < -0.3 is 4.74 Å². The number of hydrogen-bond acceptors (Lipinski definition) is 4. The third-order valence-corrected chi connectivity index (χ3v) is 2.86. The van der Waals surface area contributed by atoms with Crippen LogP contribution in [0.25, 0.3) is 0 Å². The van der Waals surface area contributed by atoms with Gasteiger partial charge >= 0.3 is 5.69 Å². The van der Waals surface area contributed by atoms with Crippen LogP contribution in [0.4, 0.5) is 5.69 Å². The van der Waals surface area contributed by atoms with Gasteiger partial charge in [0, 0.05) is 11.1 Å². The van der Waals surface area contributed by atoms with Gasteiger partial charge in [0.15, 0.2) is 0 Å². The first kappa shape index (κ1) is 13.6. The SMILES string of the molecule is O=[N+]([O-])c1cc(Cl)cc(Br)c1OCCCS. The van der Waals surface area contributed by atoms with Crippen molar-refractivity contribution >= 4 is 45.8 Å². The predicted molar refractivity (Wildman–Crippen MR) is 69.8 cm³/mol. The topological polar surface area (TPSA) is 52.4 Å². The van der Waals surface area contributed by atoms with Crippen LogP contribution in [0.1, 0.15) is 6.42 Å². The molecule has 0 atom stereocenters. The first-order chi connectivity index (χ1) is 7.56. The highest BCUT2D eigenvalue weighted by atomic mass is 79.9. The van der Waals surface area contributed by atoms with E-state index < -0.39 is 4.92 Å². The van der Waals surface area contributed by atoms with E-state index in [0.29, 0.717) is 21.9 Å². The fraction of sp³-hybridized carbons (Fsp3) is 0.333. The summed E-state index contributed by atoms with van der Waals surface area (Å²) in [6.07, 6.45) is 0.718. The van der Waals surface area contributed by atoms with Gasteiger partial charge in [0.25, 0.3) is 0 Å². The van der Waals surface area contributed by atoms with Gasteiger partial charge in [-0.05, 0) is 34.2 Å². The molecule has 0 spiro atoms. The van der Waals surface area contributed by atoms with E-state index in [9.17, 15) is 10.1 Å². The summed E-state index contributed by atoms with van der Waals surface area (Å²) in [5.41, 5.74) is -0.140. The maximum Gasteiger partial charge on any atom is 0.313 e. The predicted octanol–water partition coefficient (Wildman–Crippen LogP) is 3.71. The van der Waals surface area contributed by atoms with Gasteiger partial charge in [-0.15, -0.1) is 0 Å². The number of halogens is 2. The third-order valence-electron chi connectivity index (χ3n) is 1.73. The number of benzene rings is 1. The summed E-state index contributed by atoms with van der Waals surface area (Å²) in [6.45, 7) is 0.380. The lowest BCUT2D eigenvalue weighted by molar-refractivity contribution is -0.385. The number of hydrogen-bond donors (Lipinski definition) is 1. The number of thiol groups is 1. The number of rotatable bonds is 5. The molecule has 0 fully saturated rings. The Bertz CT molecular complexity index is 403. The number of nitro benzene ring substituents is 1. The van der Waals surface area contributed by atoms with Crippen molar-refractivity contribution in [1.29, 1.82) is 0 Å². The minimum absolute atomic E-state index is 0.140. The zero-order valence-electron chi connectivity index (χ0n) is 8.15. The van der Waals surface area contributed by atoms with Crippen LogP contribution in [0.2, 0.25) is 5.02 Å². The van der Waals surface area contributed by atoms with Crippen LogP contribution in [0, 0.1) is 10.1 Å². The summed E-state index contributed by atoms with van der Waals surface area (Å²) in [5, 5.41) is 11.1. The molecular formula is C9H9BrClNO3S. The standard InChI is InChI=1S/C9H9BrClNO3S/c10-7-4-6(11)5-8(12(13)14)9(7)15-2-1-3-16/h4-5,16H,1-3H2. The molecule has 0 aliphatic carbocycles. The highest BCUT2D eigenvalue weighted by Crippen LogP contribution is 2.37. The Morgan fingerprint density at radius 1 is 1.56 bits per heavy atom. The van der Waals surface area contributed by atoms with E-state index in [-0.39, 0.29) is 11.4 Å². The number of nitrogens with zero attached hydrogens (tertiary/aromatic N) is 1. The first-order valence-corrected chi connectivity index (χ1v) is 6.23. The van der Waals surface area contributed by atoms with E-state index in [1.165, 1.54) is 6.07 Å². The summed E-state index contributed by atoms with van der Waals surface area (Å²) in [5.74, 6) is 0.870. The quantitative estimate of drug-likeness (QED) is 0.388. The molecule has 0 saturated carbocycles. The molecule has 1 aromatic rings. The Labute approximate surface area is 112 Å². The molecule has 0 heterocycles. The highest BCUT2D eigenvalue weighted by molar-refractivity contribution is 9.10. The molecule has 0 radical (unpaired) electrons. The molecular weight excluding hydrogens is 318 g/mol. The van der Waals surface area contributed by atoms with Crippen molar-refractivity contribution in [1.82, 2.24) is 0 Å². The van der Waals surface area contributed by atoms with Gasteiger partial charge in [0.2, 0.25) is 5.75 Å². The second kappa shape index (κ2) is 6.32. The van der Waals surface area contributed by atoms with Crippen LogP contribution in [0.3, 0.4) is 0 Å². The first-order valence-electron chi connectivity index (χ1n) is 4.43. The van der Waals surface area contributed by atoms with Crippen molar-refractivity contribution in [3.05, 3.63) is 31.7 Å². The molecule has 0 aliphatic rings. The molecule has 4 nitrogen and oxygen atoms in total. The average Bonchev–Trinajstić information content (AvgIpc) is 2.20. The van der Waals surface area contributed by atoms with Crippen molar-refractivity contribution in [3.63, 3.8) is 0 Å². The van der Waals surface area contributed by atoms with E-state index in [4.69, 9.17) is 16.3 Å². The average molecular weight is 327 g/mol. The third kappa shape index (κ3) is 3.54. The molecule has 7 heteroatoms. The molecule has 0 bridgehead atoms. The van der Waals surface area contributed by atoms with E-state index >= 15 is 0 Å². The summed E-state index contributed by atoms with van der Waals surface area (Å²) in [7, 11) is 0. The number of ether oxygens (including phenoxy) is 1. The lowest BCUT2D eigenvalue weighted by Gasteiger charge is -2.08. The molecule has 0 saturated heterocycles. The highest BCUT2D eigenvalue weighted by Gasteiger charge is 2.19. The molecule has 0 N–H and O–H groups in total. The summed E-state index contributed by atoms with van der Waals surface area (Å²) in [4.78, 5) is 10.3. The van der Waals surface area contributed by atoms with E-state index in [2.05, 4.69) is 28.6 Å². The van der Waals surface area contributed by atoms with E-state index in [0.717, 1.165) is 6.42 Å². The fourth-order valence-electron chi connectivity index (χ4n) is 1.06. The molecule has 1 rings (SSSR count). The van der Waals surface area contributed by atoms with Crippen molar-refractivity contribution in [3.8, 4) is 5.75 Å². The molecule has 88 valence electrons. The van der Waals surface area contributed by atoms with Gasteiger partial charge in [-0.1, -0.05) is 11.6 Å². The van der Waals surface area contributed by atoms with Gasteiger partial charge in [0.05, 0.1) is 16.0 Å². The monoisotopic (exact) mass is 325 g/mol. The molecule has 0 amide bonds. The van der Waals surface area contributed by atoms with Crippen molar-refractivity contribution in [2.45, 2.75) is 6.42 Å². The Balaban J connectivity index is 2.99. The van der Waals surface area contributed by atoms with Crippen LogP contribution in [-0.2, 0) is 0 Å². The van der Waals surface area contributed by atoms with Gasteiger partial charge in [0.1, 0.15) is 0 Å². The minimum atomic E-state index is -0.521. The summed E-state index contributed by atoms with van der Waals surface area (Å²) < 4.78 is 5.81. The fourth-order valence-corrected chi connectivity index (χ4v) is 2.10. The lowest BCUT2D eigenvalue weighted by atomic mass is 10.3. The maximum absolute atomic E-state index is 10.8. The Morgan fingerprint density at radius 2 is 2.25 bits per heavy atom. The van der Waals surface area contributed by atoms with Crippen LogP contribution in [-0.4, -0.2) is 17.3 Å². The van der Waals surface area contributed by atoms with Gasteiger partial charge in [-0.2, -0.15) is 12.6 Å². The van der Waals surface area contributed by atoms with Crippen molar-refractivity contribution in [2.75, 3.05) is 12.4 Å². The Morgan fingerprint density at radius 3 is 2.81 bits per heavy atom. The van der Waals surface area contributed by atoms with Gasteiger partial charge in [-0.25, -0.2) is 0 Å². The van der Waals surface area contributed by atoms with Crippen LogP contribution in [0.5, 0.6) is 5.75 Å². The molecule has 0 aliphatic heterocycles. The lowest BCUT2D eigenvalue weighted by Crippen LogP contribution is -2.02. The van der Waals surface area contributed by atoms with Crippen molar-refractivity contribution in [2.24, 2.45) is 0 Å². The van der Waals surface area contributed by atoms with Crippen LogP contribution in [0.15, 0.2) is 16.6 Å². The smallest absolute Gasteiger partial charge is 0.313 e. The molecule has 16 heavy (non-hydrogen) atoms. The Kier molecular flexibility index (Phi) is 5.37. The van der Waals surface area contributed by atoms with E-state index in [1.54, 1.807) is 6.07 Å². The minimum Gasteiger partial charge on any atom is -0.486 e. The molecule has 1 aromatic carbocycles. The summed E-state index contributed by atoms with van der Waals surface area (Å²) in [6, 6.07) is 2.83. The second-order valence-electron chi connectivity index (χ2n) is 2.92. The largest absolute Gasteiger partial charge is 0.486 e.